The topological polar surface area (TPSA) is 114 Å². The predicted octanol–water partition coefficient (Wildman–Crippen LogP) is 9.49. The van der Waals surface area contributed by atoms with Crippen molar-refractivity contribution < 1.29 is 23.5 Å². The molecular weight excluding hydrogens is 594 g/mol. The highest BCUT2D eigenvalue weighted by molar-refractivity contribution is 5.90. The van der Waals surface area contributed by atoms with E-state index in [2.05, 4.69) is 34.4 Å². The quantitative estimate of drug-likeness (QED) is 0.0442. The summed E-state index contributed by atoms with van der Waals surface area (Å²) in [6.07, 6.45) is 18.7. The van der Waals surface area contributed by atoms with Gasteiger partial charge in [0.15, 0.2) is 23.0 Å². The van der Waals surface area contributed by atoms with Crippen LogP contribution in [0.1, 0.15) is 121 Å². The zero-order valence-electron chi connectivity index (χ0n) is 28.4. The van der Waals surface area contributed by atoms with Gasteiger partial charge >= 0.3 is 5.97 Å². The lowest BCUT2D eigenvalue weighted by Gasteiger charge is -2.09. The number of unbranched alkanes of at least 4 members (excludes halogenated alkanes) is 13. The highest BCUT2D eigenvalue weighted by Crippen LogP contribution is 2.32. The van der Waals surface area contributed by atoms with Crippen LogP contribution in [0.15, 0.2) is 53.1 Å². The van der Waals surface area contributed by atoms with E-state index < -0.39 is 5.97 Å². The number of hydrogen-bond donors (Lipinski definition) is 0. The van der Waals surface area contributed by atoms with Crippen LogP contribution in [0.4, 0.5) is 0 Å². The lowest BCUT2D eigenvalue weighted by molar-refractivity contribution is 0.0719. The second kappa shape index (κ2) is 20.1. The molecule has 0 fully saturated rings. The summed E-state index contributed by atoms with van der Waals surface area (Å²) in [5, 5.41) is 16.8. The van der Waals surface area contributed by atoms with Crippen molar-refractivity contribution in [3.05, 3.63) is 54.2 Å². The van der Waals surface area contributed by atoms with Crippen LogP contribution in [-0.2, 0) is 6.54 Å². The zero-order valence-corrected chi connectivity index (χ0v) is 28.4. The summed E-state index contributed by atoms with van der Waals surface area (Å²) in [5.41, 5.74) is 1.54. The first-order valence-corrected chi connectivity index (χ1v) is 17.5. The van der Waals surface area contributed by atoms with Gasteiger partial charge in [0.1, 0.15) is 5.75 Å². The molecule has 0 spiro atoms. The number of esters is 1. The van der Waals surface area contributed by atoms with Crippen LogP contribution in [0, 0.1) is 0 Å². The average molecular weight is 646 g/mol. The van der Waals surface area contributed by atoms with Crippen LogP contribution in [-0.4, -0.2) is 45.0 Å². The second-order valence-corrected chi connectivity index (χ2v) is 12.0. The van der Waals surface area contributed by atoms with Gasteiger partial charge in [-0.15, -0.1) is 10.2 Å². The van der Waals surface area contributed by atoms with Crippen molar-refractivity contribution in [3.8, 4) is 40.0 Å². The summed E-state index contributed by atoms with van der Waals surface area (Å²) in [5.74, 6) is 1.70. The maximum absolute atomic E-state index is 12.9. The number of carbonyl (C=O) groups is 1. The minimum absolute atomic E-state index is 0.0520. The number of aryl methyl sites for hydroxylation is 1. The molecule has 0 saturated carbocycles. The summed E-state index contributed by atoms with van der Waals surface area (Å²) in [7, 11) is 1.51. The van der Waals surface area contributed by atoms with E-state index in [1.165, 1.54) is 84.2 Å². The van der Waals surface area contributed by atoms with Crippen molar-refractivity contribution in [2.24, 2.45) is 0 Å². The fourth-order valence-electron chi connectivity index (χ4n) is 5.36. The normalized spacial score (nSPS) is 11.1. The van der Waals surface area contributed by atoms with Crippen LogP contribution < -0.4 is 14.2 Å². The lowest BCUT2D eigenvalue weighted by atomic mass is 10.1. The molecule has 0 aliphatic heterocycles. The molecule has 2 heterocycles. The summed E-state index contributed by atoms with van der Waals surface area (Å²) in [4.78, 5) is 14.6. The smallest absolute Gasteiger partial charge is 0.366 e. The molecule has 0 radical (unpaired) electrons. The van der Waals surface area contributed by atoms with Gasteiger partial charge in [0, 0.05) is 17.2 Å². The molecule has 2 aromatic heterocycles. The Morgan fingerprint density at radius 1 is 0.745 bits per heavy atom. The van der Waals surface area contributed by atoms with Gasteiger partial charge in [0.05, 0.1) is 20.3 Å². The Morgan fingerprint density at radius 2 is 1.38 bits per heavy atom. The molecule has 10 heteroatoms. The van der Waals surface area contributed by atoms with Gasteiger partial charge in [-0.1, -0.05) is 102 Å². The maximum Gasteiger partial charge on any atom is 0.366 e. The standard InChI is InChI=1S/C37H51N5O5/c1-4-6-8-10-12-14-16-18-26-45-31-22-19-29(20-23-31)34-28-32(40-47-34)37(43)46-33-24-21-30(27-35(33)44-3)36-38-41-42(39-36)25-17-15-13-11-9-7-5-2/h19-24,27-28H,4-18,25-26H2,1-3H3. The molecule has 0 amide bonds. The van der Waals surface area contributed by atoms with Crippen molar-refractivity contribution >= 4 is 5.97 Å². The third-order valence-corrected chi connectivity index (χ3v) is 8.16. The Kier molecular flexibility index (Phi) is 15.3. The molecule has 0 N–H and O–H groups in total. The SMILES string of the molecule is CCCCCCCCCCOc1ccc(-c2cc(C(=O)Oc3ccc(-c4nnn(CCCCCCCCC)n4)cc3OC)no2)cc1. The van der Waals surface area contributed by atoms with Crippen molar-refractivity contribution in [1.29, 1.82) is 0 Å². The van der Waals surface area contributed by atoms with E-state index in [1.54, 1.807) is 29.1 Å². The Labute approximate surface area is 279 Å². The fraction of sp³-hybridized carbons (Fsp3) is 0.541. The Morgan fingerprint density at radius 3 is 2.06 bits per heavy atom. The van der Waals surface area contributed by atoms with Crippen molar-refractivity contribution in [1.82, 2.24) is 25.4 Å². The van der Waals surface area contributed by atoms with Gasteiger partial charge in [-0.05, 0) is 60.5 Å². The van der Waals surface area contributed by atoms with Crippen molar-refractivity contribution in [2.75, 3.05) is 13.7 Å². The number of ether oxygens (including phenoxy) is 3. The van der Waals surface area contributed by atoms with E-state index in [0.717, 1.165) is 37.1 Å². The predicted molar refractivity (Wildman–Crippen MR) is 183 cm³/mol. The van der Waals surface area contributed by atoms with Gasteiger partial charge in [-0.25, -0.2) is 4.79 Å². The monoisotopic (exact) mass is 645 g/mol. The Bertz CT molecular complexity index is 1470. The molecule has 0 saturated heterocycles. The minimum Gasteiger partial charge on any atom is -0.494 e. The van der Waals surface area contributed by atoms with E-state index in [4.69, 9.17) is 18.7 Å². The van der Waals surface area contributed by atoms with E-state index in [9.17, 15) is 4.79 Å². The third-order valence-electron chi connectivity index (χ3n) is 8.16. The third kappa shape index (κ3) is 11.8. The van der Waals surface area contributed by atoms with E-state index >= 15 is 0 Å². The largest absolute Gasteiger partial charge is 0.494 e. The van der Waals surface area contributed by atoms with Gasteiger partial charge in [0.25, 0.3) is 0 Å². The number of nitrogens with zero attached hydrogens (tertiary/aromatic N) is 5. The summed E-state index contributed by atoms with van der Waals surface area (Å²) < 4.78 is 22.5. The van der Waals surface area contributed by atoms with Crippen LogP contribution in [0.25, 0.3) is 22.7 Å². The molecule has 4 rings (SSSR count). The molecule has 2 aromatic carbocycles. The second-order valence-electron chi connectivity index (χ2n) is 12.0. The van der Waals surface area contributed by atoms with Crippen LogP contribution in [0.2, 0.25) is 0 Å². The van der Waals surface area contributed by atoms with Gasteiger partial charge in [0.2, 0.25) is 5.82 Å². The molecule has 4 aromatic rings. The average Bonchev–Trinajstić information content (AvgIpc) is 3.79. The number of tetrazole rings is 1. The van der Waals surface area contributed by atoms with Crippen molar-refractivity contribution in [3.63, 3.8) is 0 Å². The summed E-state index contributed by atoms with van der Waals surface area (Å²) >= 11 is 0. The molecule has 0 unspecified atom stereocenters. The Balaban J connectivity index is 1.24. The first-order valence-electron chi connectivity index (χ1n) is 17.5. The number of hydrogen-bond acceptors (Lipinski definition) is 9. The molecule has 0 atom stereocenters. The van der Waals surface area contributed by atoms with Crippen LogP contribution >= 0.6 is 0 Å². The molecule has 0 bridgehead atoms. The van der Waals surface area contributed by atoms with Gasteiger partial charge in [-0.3, -0.25) is 0 Å². The van der Waals surface area contributed by atoms with E-state index in [0.29, 0.717) is 29.5 Å². The Hall–Kier alpha value is -4.21. The highest BCUT2D eigenvalue weighted by atomic mass is 16.6. The first-order chi connectivity index (χ1) is 23.1. The van der Waals surface area contributed by atoms with Gasteiger partial charge in [-0.2, -0.15) is 4.80 Å². The number of aromatic nitrogens is 5. The van der Waals surface area contributed by atoms with Gasteiger partial charge < -0.3 is 18.7 Å². The summed E-state index contributed by atoms with van der Waals surface area (Å²) in [6.45, 7) is 5.90. The molecule has 254 valence electrons. The number of rotatable bonds is 23. The van der Waals surface area contributed by atoms with E-state index in [1.807, 2.05) is 24.3 Å². The van der Waals surface area contributed by atoms with E-state index in [-0.39, 0.29) is 11.4 Å². The molecular formula is C37H51N5O5. The number of methoxy groups -OCH3 is 1. The molecule has 10 nitrogen and oxygen atoms in total. The fourth-order valence-corrected chi connectivity index (χ4v) is 5.36. The summed E-state index contributed by atoms with van der Waals surface area (Å²) in [6, 6.07) is 14.3. The lowest BCUT2D eigenvalue weighted by Crippen LogP contribution is -2.09. The number of carbonyl (C=O) groups excluding carboxylic acids is 1. The maximum atomic E-state index is 12.9. The minimum atomic E-state index is -0.657. The highest BCUT2D eigenvalue weighted by Gasteiger charge is 2.19. The zero-order chi connectivity index (χ0) is 33.1. The van der Waals surface area contributed by atoms with Crippen molar-refractivity contribution in [2.45, 2.75) is 117 Å². The van der Waals surface area contributed by atoms with Crippen LogP contribution in [0.3, 0.4) is 0 Å². The molecule has 0 aliphatic rings. The first kappa shape index (κ1) is 35.6. The number of benzene rings is 2. The van der Waals surface area contributed by atoms with Crippen LogP contribution in [0.5, 0.6) is 17.2 Å². The molecule has 0 aliphatic carbocycles. The molecule has 47 heavy (non-hydrogen) atoms.